The highest BCUT2D eigenvalue weighted by Crippen LogP contribution is 2.68. The number of fused-ring (bicyclic) bond motifs is 2. The predicted molar refractivity (Wildman–Crippen MR) is 53.6 cm³/mol. The number of hydrogen-bond donors (Lipinski definition) is 0. The van der Waals surface area contributed by atoms with E-state index in [1.807, 2.05) is 0 Å². The van der Waals surface area contributed by atoms with Crippen molar-refractivity contribution in [2.24, 2.45) is 22.7 Å². The lowest BCUT2D eigenvalue weighted by Crippen LogP contribution is -2.34. The monoisotopic (exact) mass is 200 g/mol. The minimum absolute atomic E-state index is 0.113. The minimum atomic E-state index is -0.113. The Kier molecular flexibility index (Phi) is 1.83. The van der Waals surface area contributed by atoms with Crippen molar-refractivity contribution in [1.82, 2.24) is 0 Å². The van der Waals surface area contributed by atoms with Crippen molar-refractivity contribution >= 4 is 16.8 Å². The van der Waals surface area contributed by atoms with E-state index in [-0.39, 0.29) is 16.6 Å². The Labute approximate surface area is 84.8 Å². The molecule has 13 heavy (non-hydrogen) atoms. The summed E-state index contributed by atoms with van der Waals surface area (Å²) in [5.41, 5.74) is 0.471. The Morgan fingerprint density at radius 2 is 2.00 bits per heavy atom. The average Bonchev–Trinajstić information content (AvgIpc) is 2.34. The van der Waals surface area contributed by atoms with Gasteiger partial charge in [-0.1, -0.05) is 20.8 Å². The molecule has 2 rings (SSSR count). The standard InChI is InChI=1S/C11H17ClO/c1-10(2)7-4-5-11(10,3)8(6-7)9(12)13/h7-8H,4-6H2,1-3H3/t7-,8+,11+/m1/s1. The molecule has 2 bridgehead atoms. The van der Waals surface area contributed by atoms with Crippen LogP contribution in [0.15, 0.2) is 0 Å². The van der Waals surface area contributed by atoms with Gasteiger partial charge in [-0.05, 0) is 47.6 Å². The molecule has 1 nitrogen and oxygen atoms in total. The molecule has 2 heteroatoms. The molecule has 0 spiro atoms. The van der Waals surface area contributed by atoms with Crippen LogP contribution in [0.3, 0.4) is 0 Å². The number of halogens is 1. The van der Waals surface area contributed by atoms with Crippen LogP contribution >= 0.6 is 11.6 Å². The summed E-state index contributed by atoms with van der Waals surface area (Å²) in [4.78, 5) is 11.3. The van der Waals surface area contributed by atoms with Crippen LogP contribution in [0.4, 0.5) is 0 Å². The van der Waals surface area contributed by atoms with Crippen LogP contribution in [0.2, 0.25) is 0 Å². The molecule has 3 atom stereocenters. The first-order chi connectivity index (χ1) is 5.89. The maximum absolute atomic E-state index is 11.3. The van der Waals surface area contributed by atoms with Gasteiger partial charge in [-0.15, -0.1) is 0 Å². The lowest BCUT2D eigenvalue weighted by atomic mass is 9.67. The van der Waals surface area contributed by atoms with Gasteiger partial charge in [0.2, 0.25) is 5.24 Å². The van der Waals surface area contributed by atoms with Gasteiger partial charge in [-0.25, -0.2) is 0 Å². The third kappa shape index (κ3) is 0.971. The maximum atomic E-state index is 11.3. The molecular weight excluding hydrogens is 184 g/mol. The molecule has 0 aromatic heterocycles. The molecule has 2 fully saturated rings. The molecule has 74 valence electrons. The summed E-state index contributed by atoms with van der Waals surface area (Å²) in [6.07, 6.45) is 3.48. The SMILES string of the molecule is CC1(C)[C@@H]2CC[C@@]1(C)[C@H](C(=O)Cl)C2. The topological polar surface area (TPSA) is 17.1 Å². The lowest BCUT2D eigenvalue weighted by molar-refractivity contribution is -0.119. The maximum Gasteiger partial charge on any atom is 0.225 e. The first-order valence-corrected chi connectivity index (χ1v) is 5.47. The van der Waals surface area contributed by atoms with E-state index >= 15 is 0 Å². The van der Waals surface area contributed by atoms with Crippen molar-refractivity contribution < 1.29 is 4.79 Å². The van der Waals surface area contributed by atoms with Gasteiger partial charge in [-0.3, -0.25) is 4.79 Å². The second-order valence-corrected chi connectivity index (χ2v) is 5.84. The molecule has 2 aliphatic rings. The first-order valence-electron chi connectivity index (χ1n) is 5.09. The molecule has 0 saturated heterocycles. The van der Waals surface area contributed by atoms with Crippen LogP contribution in [0.25, 0.3) is 0 Å². The fraction of sp³-hybridized carbons (Fsp3) is 0.909. The fourth-order valence-corrected chi connectivity index (χ4v) is 3.88. The summed E-state index contributed by atoms with van der Waals surface area (Å²) in [6, 6.07) is 0. The van der Waals surface area contributed by atoms with Crippen LogP contribution in [-0.4, -0.2) is 5.24 Å². The third-order valence-corrected chi connectivity index (χ3v) is 5.33. The summed E-state index contributed by atoms with van der Waals surface area (Å²) < 4.78 is 0. The Morgan fingerprint density at radius 1 is 1.38 bits per heavy atom. The predicted octanol–water partition coefficient (Wildman–Crippen LogP) is 3.21. The molecular formula is C11H17ClO. The van der Waals surface area contributed by atoms with E-state index in [0.717, 1.165) is 6.42 Å². The zero-order valence-corrected chi connectivity index (χ0v) is 9.32. The van der Waals surface area contributed by atoms with Crippen molar-refractivity contribution in [3.05, 3.63) is 0 Å². The molecule has 0 N–H and O–H groups in total. The second kappa shape index (κ2) is 2.50. The molecule has 0 aromatic carbocycles. The first kappa shape index (κ1) is 9.51. The Morgan fingerprint density at radius 3 is 2.23 bits per heavy atom. The van der Waals surface area contributed by atoms with Crippen LogP contribution in [0.1, 0.15) is 40.0 Å². The summed E-state index contributed by atoms with van der Waals surface area (Å²) in [5, 5.41) is -0.113. The number of hydrogen-bond acceptors (Lipinski definition) is 1. The van der Waals surface area contributed by atoms with E-state index in [2.05, 4.69) is 20.8 Å². The van der Waals surface area contributed by atoms with Crippen molar-refractivity contribution in [3.8, 4) is 0 Å². The van der Waals surface area contributed by atoms with Crippen LogP contribution in [-0.2, 0) is 4.79 Å². The Bertz CT molecular complexity index is 259. The zero-order chi connectivity index (χ0) is 9.85. The van der Waals surface area contributed by atoms with E-state index in [0.29, 0.717) is 11.3 Å². The molecule has 2 aliphatic carbocycles. The molecule has 0 amide bonds. The summed E-state index contributed by atoms with van der Waals surface area (Å²) in [6.45, 7) is 6.83. The van der Waals surface area contributed by atoms with Gasteiger partial charge in [0.15, 0.2) is 0 Å². The molecule has 2 saturated carbocycles. The van der Waals surface area contributed by atoms with Crippen LogP contribution in [0, 0.1) is 22.7 Å². The third-order valence-electron chi connectivity index (χ3n) is 5.07. The van der Waals surface area contributed by atoms with Crippen molar-refractivity contribution in [2.75, 3.05) is 0 Å². The molecule has 0 aromatic rings. The van der Waals surface area contributed by atoms with Gasteiger partial charge < -0.3 is 0 Å². The van der Waals surface area contributed by atoms with E-state index in [9.17, 15) is 4.79 Å². The Balaban J connectivity index is 2.38. The van der Waals surface area contributed by atoms with Crippen LogP contribution in [0.5, 0.6) is 0 Å². The highest BCUT2D eigenvalue weighted by molar-refractivity contribution is 6.64. The summed E-state index contributed by atoms with van der Waals surface area (Å²) in [5.74, 6) is 0.827. The van der Waals surface area contributed by atoms with Gasteiger partial charge in [0.05, 0.1) is 0 Å². The smallest absolute Gasteiger partial charge is 0.225 e. The second-order valence-electron chi connectivity index (χ2n) is 5.47. The highest BCUT2D eigenvalue weighted by atomic mass is 35.5. The largest absolute Gasteiger partial charge is 0.281 e. The van der Waals surface area contributed by atoms with Crippen molar-refractivity contribution in [2.45, 2.75) is 40.0 Å². The van der Waals surface area contributed by atoms with Crippen LogP contribution < -0.4 is 0 Å². The lowest BCUT2D eigenvalue weighted by Gasteiger charge is -2.37. The quantitative estimate of drug-likeness (QED) is 0.594. The van der Waals surface area contributed by atoms with Crippen molar-refractivity contribution in [1.29, 1.82) is 0 Å². The number of carbonyl (C=O) groups excluding carboxylic acids is 1. The molecule has 0 unspecified atom stereocenters. The van der Waals surface area contributed by atoms with E-state index < -0.39 is 0 Å². The fourth-order valence-electron chi connectivity index (χ4n) is 3.55. The molecule has 0 heterocycles. The van der Waals surface area contributed by atoms with Gasteiger partial charge in [-0.2, -0.15) is 0 Å². The average molecular weight is 201 g/mol. The summed E-state index contributed by atoms with van der Waals surface area (Å²) in [7, 11) is 0. The van der Waals surface area contributed by atoms with Gasteiger partial charge in [0, 0.05) is 5.92 Å². The van der Waals surface area contributed by atoms with Gasteiger partial charge in [0.1, 0.15) is 0 Å². The molecule has 0 radical (unpaired) electrons. The minimum Gasteiger partial charge on any atom is -0.281 e. The van der Waals surface area contributed by atoms with E-state index in [1.54, 1.807) is 0 Å². The van der Waals surface area contributed by atoms with Gasteiger partial charge in [0.25, 0.3) is 0 Å². The normalized spacial score (nSPS) is 46.8. The molecule has 0 aliphatic heterocycles. The Hall–Kier alpha value is -0.0400. The number of carbonyl (C=O) groups is 1. The zero-order valence-electron chi connectivity index (χ0n) is 8.56. The van der Waals surface area contributed by atoms with E-state index in [1.165, 1.54) is 12.8 Å². The summed E-state index contributed by atoms with van der Waals surface area (Å²) >= 11 is 5.66. The highest BCUT2D eigenvalue weighted by Gasteiger charge is 2.62. The van der Waals surface area contributed by atoms with Gasteiger partial charge >= 0.3 is 0 Å². The van der Waals surface area contributed by atoms with E-state index in [4.69, 9.17) is 11.6 Å². The van der Waals surface area contributed by atoms with Crippen molar-refractivity contribution in [3.63, 3.8) is 0 Å². The number of rotatable bonds is 1.